The van der Waals surface area contributed by atoms with E-state index in [0.717, 1.165) is 6.42 Å². The Labute approximate surface area is 101 Å². The van der Waals surface area contributed by atoms with E-state index in [-0.39, 0.29) is 5.56 Å². The van der Waals surface area contributed by atoms with Crippen molar-refractivity contribution < 1.29 is 4.74 Å². The molecule has 1 aromatic heterocycles. The predicted octanol–water partition coefficient (Wildman–Crippen LogP) is 0.941. The molecule has 0 aromatic carbocycles. The van der Waals surface area contributed by atoms with Gasteiger partial charge in [0.2, 0.25) is 5.88 Å². The molecule has 0 aliphatic carbocycles. The molecule has 1 unspecified atom stereocenters. The van der Waals surface area contributed by atoms with Crippen molar-refractivity contribution >= 4 is 0 Å². The molecule has 1 aliphatic rings. The van der Waals surface area contributed by atoms with E-state index >= 15 is 0 Å². The maximum atomic E-state index is 11.2. The Bertz CT molecular complexity index is 430. The Morgan fingerprint density at radius 1 is 1.65 bits per heavy atom. The lowest BCUT2D eigenvalue weighted by Crippen LogP contribution is -2.26. The van der Waals surface area contributed by atoms with Crippen LogP contribution in [0.4, 0.5) is 0 Å². The minimum Gasteiger partial charge on any atom is -0.477 e. The number of nitrogens with one attached hydrogen (secondary N) is 1. The fourth-order valence-electron chi connectivity index (χ4n) is 2.27. The quantitative estimate of drug-likeness (QED) is 0.846. The molecule has 0 spiro atoms. The Morgan fingerprint density at radius 3 is 3.12 bits per heavy atom. The third-order valence-electron chi connectivity index (χ3n) is 3.21. The summed E-state index contributed by atoms with van der Waals surface area (Å²) in [6.45, 7) is 3.54. The molecule has 2 rings (SSSR count). The van der Waals surface area contributed by atoms with E-state index in [2.05, 4.69) is 21.9 Å². The number of likely N-dealkylation sites (tertiary alicyclic amines) is 1. The van der Waals surface area contributed by atoms with Crippen LogP contribution in [0, 0.1) is 6.92 Å². The molecule has 5 heteroatoms. The van der Waals surface area contributed by atoms with E-state index < -0.39 is 0 Å². The van der Waals surface area contributed by atoms with Gasteiger partial charge in [-0.3, -0.25) is 4.79 Å². The van der Waals surface area contributed by atoms with Gasteiger partial charge in [-0.25, -0.2) is 4.98 Å². The van der Waals surface area contributed by atoms with Crippen molar-refractivity contribution in [3.63, 3.8) is 0 Å². The number of hydrogen-bond acceptors (Lipinski definition) is 4. The minimum atomic E-state index is -0.162. The Hall–Kier alpha value is -1.36. The van der Waals surface area contributed by atoms with E-state index in [1.165, 1.54) is 25.5 Å². The fraction of sp³-hybridized carbons (Fsp3) is 0.667. The molecule has 0 radical (unpaired) electrons. The summed E-state index contributed by atoms with van der Waals surface area (Å²) in [5.41, 5.74) is -0.162. The lowest BCUT2D eigenvalue weighted by Gasteiger charge is -2.18. The fourth-order valence-corrected chi connectivity index (χ4v) is 2.27. The van der Waals surface area contributed by atoms with Crippen LogP contribution in [-0.2, 0) is 0 Å². The summed E-state index contributed by atoms with van der Waals surface area (Å²) in [5.74, 6) is 1.01. The van der Waals surface area contributed by atoms with E-state index in [0.29, 0.717) is 24.4 Å². The number of nitrogens with zero attached hydrogens (tertiary/aromatic N) is 2. The van der Waals surface area contributed by atoms with Crippen LogP contribution in [0.25, 0.3) is 0 Å². The highest BCUT2D eigenvalue weighted by Gasteiger charge is 2.20. The van der Waals surface area contributed by atoms with Crippen LogP contribution in [0.3, 0.4) is 0 Å². The van der Waals surface area contributed by atoms with Crippen molar-refractivity contribution in [2.45, 2.75) is 32.2 Å². The summed E-state index contributed by atoms with van der Waals surface area (Å²) in [6, 6.07) is 2.00. The SMILES string of the molecule is Cc1nc(OCCC2CCCN2C)cc(=O)[nH]1. The highest BCUT2D eigenvalue weighted by atomic mass is 16.5. The summed E-state index contributed by atoms with van der Waals surface area (Å²) in [7, 11) is 2.15. The van der Waals surface area contributed by atoms with Crippen LogP contribution in [-0.4, -0.2) is 41.1 Å². The first-order valence-corrected chi connectivity index (χ1v) is 6.06. The van der Waals surface area contributed by atoms with Crippen LogP contribution in [0.5, 0.6) is 5.88 Å². The second-order valence-corrected chi connectivity index (χ2v) is 4.58. The van der Waals surface area contributed by atoms with Crippen LogP contribution < -0.4 is 10.3 Å². The molecule has 0 amide bonds. The smallest absolute Gasteiger partial charge is 0.254 e. The second kappa shape index (κ2) is 5.31. The third kappa shape index (κ3) is 3.30. The molecule has 0 bridgehead atoms. The van der Waals surface area contributed by atoms with Crippen LogP contribution in [0.15, 0.2) is 10.9 Å². The van der Waals surface area contributed by atoms with Crippen LogP contribution >= 0.6 is 0 Å². The lowest BCUT2D eigenvalue weighted by atomic mass is 10.1. The minimum absolute atomic E-state index is 0.162. The van der Waals surface area contributed by atoms with Gasteiger partial charge in [0.25, 0.3) is 5.56 Å². The van der Waals surface area contributed by atoms with Crippen molar-refractivity contribution in [2.24, 2.45) is 0 Å². The molecule has 1 saturated heterocycles. The van der Waals surface area contributed by atoms with Crippen LogP contribution in [0.1, 0.15) is 25.1 Å². The van der Waals surface area contributed by atoms with Gasteiger partial charge >= 0.3 is 0 Å². The Morgan fingerprint density at radius 2 is 2.47 bits per heavy atom. The standard InChI is InChI=1S/C12H19N3O2/c1-9-13-11(16)8-12(14-9)17-7-5-10-4-3-6-15(10)2/h8,10H,3-7H2,1-2H3,(H,13,14,16). The molecule has 2 heterocycles. The van der Waals surface area contributed by atoms with E-state index in [1.807, 2.05) is 0 Å². The van der Waals surface area contributed by atoms with Crippen molar-refractivity contribution in [2.75, 3.05) is 20.2 Å². The molecule has 94 valence electrons. The topological polar surface area (TPSA) is 58.2 Å². The zero-order chi connectivity index (χ0) is 12.3. The van der Waals surface area contributed by atoms with Gasteiger partial charge in [-0.05, 0) is 39.8 Å². The highest BCUT2D eigenvalue weighted by molar-refractivity contribution is 5.08. The number of rotatable bonds is 4. The van der Waals surface area contributed by atoms with Gasteiger partial charge in [0.1, 0.15) is 5.82 Å². The maximum absolute atomic E-state index is 11.2. The molecule has 1 atom stereocenters. The van der Waals surface area contributed by atoms with Crippen molar-refractivity contribution in [3.05, 3.63) is 22.2 Å². The molecule has 17 heavy (non-hydrogen) atoms. The average Bonchev–Trinajstić information content (AvgIpc) is 2.63. The normalized spacial score (nSPS) is 20.7. The van der Waals surface area contributed by atoms with E-state index in [1.54, 1.807) is 6.92 Å². The number of hydrogen-bond donors (Lipinski definition) is 1. The number of aromatic amines is 1. The summed E-state index contributed by atoms with van der Waals surface area (Å²) < 4.78 is 5.52. The molecule has 1 aromatic rings. The summed E-state index contributed by atoms with van der Waals surface area (Å²) >= 11 is 0. The van der Waals surface area contributed by atoms with E-state index in [4.69, 9.17) is 4.74 Å². The van der Waals surface area contributed by atoms with Gasteiger partial charge in [-0.2, -0.15) is 0 Å². The number of ether oxygens (including phenoxy) is 1. The molecule has 1 N–H and O–H groups in total. The van der Waals surface area contributed by atoms with Crippen molar-refractivity contribution in [1.82, 2.24) is 14.9 Å². The van der Waals surface area contributed by atoms with Gasteiger partial charge < -0.3 is 14.6 Å². The highest BCUT2D eigenvalue weighted by Crippen LogP contribution is 2.17. The molecular weight excluding hydrogens is 218 g/mol. The zero-order valence-electron chi connectivity index (χ0n) is 10.4. The molecule has 0 saturated carbocycles. The zero-order valence-corrected chi connectivity index (χ0v) is 10.4. The largest absolute Gasteiger partial charge is 0.477 e. The molecule has 1 aliphatic heterocycles. The third-order valence-corrected chi connectivity index (χ3v) is 3.21. The van der Waals surface area contributed by atoms with Crippen LogP contribution in [0.2, 0.25) is 0 Å². The summed E-state index contributed by atoms with van der Waals surface area (Å²) in [4.78, 5) is 20.3. The summed E-state index contributed by atoms with van der Waals surface area (Å²) in [6.07, 6.45) is 3.50. The van der Waals surface area contributed by atoms with Gasteiger partial charge in [-0.1, -0.05) is 0 Å². The monoisotopic (exact) mass is 237 g/mol. The second-order valence-electron chi connectivity index (χ2n) is 4.58. The van der Waals surface area contributed by atoms with Crippen molar-refractivity contribution in [3.8, 4) is 5.88 Å². The van der Waals surface area contributed by atoms with E-state index in [9.17, 15) is 4.79 Å². The lowest BCUT2D eigenvalue weighted by molar-refractivity contribution is 0.228. The first-order valence-electron chi connectivity index (χ1n) is 6.06. The number of H-pyrrole nitrogens is 1. The Kier molecular flexibility index (Phi) is 3.78. The van der Waals surface area contributed by atoms with Crippen molar-refractivity contribution in [1.29, 1.82) is 0 Å². The number of aromatic nitrogens is 2. The van der Waals surface area contributed by atoms with Gasteiger partial charge in [0.05, 0.1) is 12.7 Å². The molecule has 1 fully saturated rings. The number of aryl methyl sites for hydroxylation is 1. The van der Waals surface area contributed by atoms with Gasteiger partial charge in [-0.15, -0.1) is 0 Å². The first kappa shape index (κ1) is 12.1. The van der Waals surface area contributed by atoms with Gasteiger partial charge in [0, 0.05) is 6.04 Å². The summed E-state index contributed by atoms with van der Waals surface area (Å²) in [5, 5.41) is 0. The predicted molar refractivity (Wildman–Crippen MR) is 65.4 cm³/mol. The average molecular weight is 237 g/mol. The maximum Gasteiger partial charge on any atom is 0.254 e. The van der Waals surface area contributed by atoms with Gasteiger partial charge in [0.15, 0.2) is 0 Å². The first-order chi connectivity index (χ1) is 8.15. The molecule has 5 nitrogen and oxygen atoms in total. The Balaban J connectivity index is 1.83. The molecular formula is C12H19N3O2.